The molecule has 84 valence electrons. The summed E-state index contributed by atoms with van der Waals surface area (Å²) in [6.45, 7) is 1.02. The first-order valence-electron chi connectivity index (χ1n) is 5.09. The SMILES string of the molecule is O=C(Nc1cccc(F)c1)C1=CCOCC1. The van der Waals surface area contributed by atoms with Crippen LogP contribution >= 0.6 is 0 Å². The second kappa shape index (κ2) is 4.90. The Balaban J connectivity index is 2.04. The van der Waals surface area contributed by atoms with Gasteiger partial charge in [-0.15, -0.1) is 0 Å². The molecule has 4 heteroatoms. The molecule has 1 amide bonds. The summed E-state index contributed by atoms with van der Waals surface area (Å²) in [5, 5.41) is 2.65. The van der Waals surface area contributed by atoms with Crippen molar-refractivity contribution in [2.45, 2.75) is 6.42 Å². The Kier molecular flexibility index (Phi) is 3.31. The summed E-state index contributed by atoms with van der Waals surface area (Å²) in [4.78, 5) is 11.7. The zero-order chi connectivity index (χ0) is 11.4. The van der Waals surface area contributed by atoms with Crippen LogP contribution < -0.4 is 5.32 Å². The Morgan fingerprint density at radius 1 is 1.44 bits per heavy atom. The molecule has 1 aromatic carbocycles. The Bertz CT molecular complexity index is 429. The molecule has 0 saturated carbocycles. The van der Waals surface area contributed by atoms with E-state index in [1.54, 1.807) is 18.2 Å². The van der Waals surface area contributed by atoms with Gasteiger partial charge in [-0.05, 0) is 18.2 Å². The van der Waals surface area contributed by atoms with Gasteiger partial charge in [-0.3, -0.25) is 4.79 Å². The van der Waals surface area contributed by atoms with Crippen LogP contribution in [0.1, 0.15) is 6.42 Å². The fourth-order valence-corrected chi connectivity index (χ4v) is 1.51. The van der Waals surface area contributed by atoms with Crippen LogP contribution in [0.4, 0.5) is 10.1 Å². The highest BCUT2D eigenvalue weighted by atomic mass is 19.1. The van der Waals surface area contributed by atoms with Crippen LogP contribution in [0.3, 0.4) is 0 Å². The van der Waals surface area contributed by atoms with Crippen molar-refractivity contribution in [3.05, 3.63) is 41.7 Å². The fourth-order valence-electron chi connectivity index (χ4n) is 1.51. The lowest BCUT2D eigenvalue weighted by Crippen LogP contribution is -2.19. The van der Waals surface area contributed by atoms with Crippen LogP contribution in [0.2, 0.25) is 0 Å². The number of benzene rings is 1. The number of hydrogen-bond acceptors (Lipinski definition) is 2. The van der Waals surface area contributed by atoms with E-state index in [0.717, 1.165) is 0 Å². The topological polar surface area (TPSA) is 38.3 Å². The van der Waals surface area contributed by atoms with Crippen LogP contribution in [0, 0.1) is 5.82 Å². The number of carbonyl (C=O) groups excluding carboxylic acids is 1. The maximum atomic E-state index is 12.9. The second-order valence-electron chi connectivity index (χ2n) is 3.52. The highest BCUT2D eigenvalue weighted by molar-refractivity contribution is 6.03. The molecule has 1 aliphatic rings. The number of ether oxygens (including phenoxy) is 1. The highest BCUT2D eigenvalue weighted by Crippen LogP contribution is 2.13. The van der Waals surface area contributed by atoms with Crippen LogP contribution in [-0.4, -0.2) is 19.1 Å². The van der Waals surface area contributed by atoms with E-state index in [0.29, 0.717) is 30.9 Å². The fraction of sp³-hybridized carbons (Fsp3) is 0.250. The minimum atomic E-state index is -0.362. The van der Waals surface area contributed by atoms with E-state index in [9.17, 15) is 9.18 Å². The molecule has 0 atom stereocenters. The largest absolute Gasteiger partial charge is 0.377 e. The monoisotopic (exact) mass is 221 g/mol. The molecule has 1 heterocycles. The van der Waals surface area contributed by atoms with Gasteiger partial charge in [0.25, 0.3) is 5.91 Å². The molecule has 1 N–H and O–H groups in total. The van der Waals surface area contributed by atoms with Crippen molar-refractivity contribution in [1.82, 2.24) is 0 Å². The molecule has 1 aliphatic heterocycles. The van der Waals surface area contributed by atoms with Crippen LogP contribution in [0.25, 0.3) is 0 Å². The quantitative estimate of drug-likeness (QED) is 0.830. The van der Waals surface area contributed by atoms with Crippen LogP contribution in [0.15, 0.2) is 35.9 Å². The van der Waals surface area contributed by atoms with Gasteiger partial charge in [-0.25, -0.2) is 4.39 Å². The van der Waals surface area contributed by atoms with Gasteiger partial charge in [0.15, 0.2) is 0 Å². The lowest BCUT2D eigenvalue weighted by molar-refractivity contribution is -0.113. The molecule has 0 aliphatic carbocycles. The molecule has 0 aromatic heterocycles. The smallest absolute Gasteiger partial charge is 0.251 e. The first-order chi connectivity index (χ1) is 7.75. The average Bonchev–Trinajstić information content (AvgIpc) is 2.30. The molecule has 0 saturated heterocycles. The number of carbonyl (C=O) groups is 1. The summed E-state index contributed by atoms with van der Waals surface area (Å²) < 4.78 is 18.0. The van der Waals surface area contributed by atoms with Gasteiger partial charge >= 0.3 is 0 Å². The minimum absolute atomic E-state index is 0.186. The maximum absolute atomic E-state index is 12.9. The lowest BCUT2D eigenvalue weighted by atomic mass is 10.1. The molecular weight excluding hydrogens is 209 g/mol. The third-order valence-corrected chi connectivity index (χ3v) is 2.34. The normalized spacial score (nSPS) is 15.4. The number of rotatable bonds is 2. The molecule has 3 nitrogen and oxygen atoms in total. The number of amides is 1. The van der Waals surface area contributed by atoms with Crippen LogP contribution in [0.5, 0.6) is 0 Å². The summed E-state index contributed by atoms with van der Waals surface area (Å²) in [5.74, 6) is -0.548. The van der Waals surface area contributed by atoms with Gasteiger partial charge in [0.05, 0.1) is 13.2 Å². The van der Waals surface area contributed by atoms with Gasteiger partial charge in [0.1, 0.15) is 5.82 Å². The zero-order valence-corrected chi connectivity index (χ0v) is 8.70. The summed E-state index contributed by atoms with van der Waals surface area (Å²) in [6.07, 6.45) is 2.35. The van der Waals surface area contributed by atoms with E-state index in [2.05, 4.69) is 5.32 Å². The molecule has 16 heavy (non-hydrogen) atoms. The molecule has 2 rings (SSSR count). The van der Waals surface area contributed by atoms with E-state index in [4.69, 9.17) is 4.74 Å². The van der Waals surface area contributed by atoms with Crippen molar-refractivity contribution in [2.24, 2.45) is 0 Å². The first kappa shape index (κ1) is 10.8. The minimum Gasteiger partial charge on any atom is -0.377 e. The van der Waals surface area contributed by atoms with Gasteiger partial charge in [0.2, 0.25) is 0 Å². The molecule has 0 fully saturated rings. The summed E-state index contributed by atoms with van der Waals surface area (Å²) in [6, 6.07) is 5.84. The first-order valence-corrected chi connectivity index (χ1v) is 5.09. The summed E-state index contributed by atoms with van der Waals surface area (Å²) in [5.41, 5.74) is 1.16. The van der Waals surface area contributed by atoms with E-state index in [-0.39, 0.29) is 11.7 Å². The molecule has 0 spiro atoms. The number of anilines is 1. The second-order valence-corrected chi connectivity index (χ2v) is 3.52. The molecule has 0 radical (unpaired) electrons. The number of hydrogen-bond donors (Lipinski definition) is 1. The van der Waals surface area contributed by atoms with Crippen LogP contribution in [-0.2, 0) is 9.53 Å². The van der Waals surface area contributed by atoms with Crippen molar-refractivity contribution < 1.29 is 13.9 Å². The van der Waals surface area contributed by atoms with Crippen molar-refractivity contribution in [2.75, 3.05) is 18.5 Å². The average molecular weight is 221 g/mol. The predicted octanol–water partition coefficient (Wildman–Crippen LogP) is 2.11. The standard InChI is InChI=1S/C12H12FNO2/c13-10-2-1-3-11(8-10)14-12(15)9-4-6-16-7-5-9/h1-4,8H,5-7H2,(H,14,15). The lowest BCUT2D eigenvalue weighted by Gasteiger charge is -2.13. The maximum Gasteiger partial charge on any atom is 0.251 e. The molecule has 0 unspecified atom stereocenters. The Labute approximate surface area is 92.9 Å². The van der Waals surface area contributed by atoms with Gasteiger partial charge < -0.3 is 10.1 Å². The summed E-state index contributed by atoms with van der Waals surface area (Å²) in [7, 11) is 0. The Morgan fingerprint density at radius 3 is 3.00 bits per heavy atom. The van der Waals surface area contributed by atoms with Gasteiger partial charge in [0, 0.05) is 17.7 Å². The van der Waals surface area contributed by atoms with Crippen molar-refractivity contribution in [3.63, 3.8) is 0 Å². The number of halogens is 1. The third-order valence-electron chi connectivity index (χ3n) is 2.34. The third kappa shape index (κ3) is 2.67. The van der Waals surface area contributed by atoms with Crippen molar-refractivity contribution >= 4 is 11.6 Å². The van der Waals surface area contributed by atoms with Gasteiger partial charge in [-0.1, -0.05) is 12.1 Å². The molecule has 0 bridgehead atoms. The molecule has 1 aromatic rings. The van der Waals surface area contributed by atoms with Gasteiger partial charge in [-0.2, -0.15) is 0 Å². The summed E-state index contributed by atoms with van der Waals surface area (Å²) >= 11 is 0. The number of nitrogens with one attached hydrogen (secondary N) is 1. The van der Waals surface area contributed by atoms with E-state index < -0.39 is 0 Å². The Hall–Kier alpha value is -1.68. The van der Waals surface area contributed by atoms with E-state index >= 15 is 0 Å². The predicted molar refractivity (Wildman–Crippen MR) is 58.5 cm³/mol. The Morgan fingerprint density at radius 2 is 2.31 bits per heavy atom. The van der Waals surface area contributed by atoms with E-state index in [1.807, 2.05) is 0 Å². The molecular formula is C12H12FNO2. The van der Waals surface area contributed by atoms with E-state index in [1.165, 1.54) is 12.1 Å². The highest BCUT2D eigenvalue weighted by Gasteiger charge is 2.12. The zero-order valence-electron chi connectivity index (χ0n) is 8.70. The van der Waals surface area contributed by atoms with Crippen molar-refractivity contribution in [3.8, 4) is 0 Å². The van der Waals surface area contributed by atoms with Crippen molar-refractivity contribution in [1.29, 1.82) is 0 Å².